The number of halogens is 1. The average Bonchev–Trinajstić information content (AvgIpc) is 2.60. The van der Waals surface area contributed by atoms with Gasteiger partial charge in [0.25, 0.3) is 0 Å². The third kappa shape index (κ3) is 0.703. The molecule has 0 amide bonds. The Morgan fingerprint density at radius 3 is 1.77 bits per heavy atom. The van der Waals surface area contributed by atoms with Crippen molar-refractivity contribution in [1.29, 1.82) is 0 Å². The summed E-state index contributed by atoms with van der Waals surface area (Å²) in [6.45, 7) is 5.34. The second-order valence-electron chi connectivity index (χ2n) is 4.11. The zero-order chi connectivity index (χ0) is 9.02. The van der Waals surface area contributed by atoms with Crippen molar-refractivity contribution in [3.8, 4) is 0 Å². The van der Waals surface area contributed by atoms with Crippen LogP contribution in [0.5, 0.6) is 0 Å². The Kier molecular flexibility index (Phi) is 1.52. The summed E-state index contributed by atoms with van der Waals surface area (Å²) >= 11 is 6.06. The van der Waals surface area contributed by atoms with Crippen molar-refractivity contribution in [2.75, 3.05) is 45.0 Å². The molecule has 0 radical (unpaired) electrons. The van der Waals surface area contributed by atoms with E-state index in [1.807, 2.05) is 0 Å². The molecule has 76 valence electrons. The van der Waals surface area contributed by atoms with Gasteiger partial charge in [0.05, 0.1) is 0 Å². The summed E-state index contributed by atoms with van der Waals surface area (Å²) < 4.78 is 18.5. The maximum absolute atomic E-state index is 6.06. The fourth-order valence-corrected chi connectivity index (χ4v) is 9.09. The van der Waals surface area contributed by atoms with E-state index in [9.17, 15) is 0 Å². The standard InChI is InChI=1S/C7H14ClNO3Si/c8-7-13-9(1-4-10-13,2-5-11-13)3-6-12-13/h1-7H2. The summed E-state index contributed by atoms with van der Waals surface area (Å²) in [7, 11) is -3.15. The van der Waals surface area contributed by atoms with Gasteiger partial charge in [-0.1, -0.05) is 0 Å². The first-order valence-corrected chi connectivity index (χ1v) is 7.69. The van der Waals surface area contributed by atoms with E-state index >= 15 is 0 Å². The Bertz CT molecular complexity index is 230. The third-order valence-electron chi connectivity index (χ3n) is 3.86. The molecule has 0 aromatic carbocycles. The molecule has 3 aliphatic rings. The van der Waals surface area contributed by atoms with Crippen molar-refractivity contribution in [2.45, 2.75) is 0 Å². The van der Waals surface area contributed by atoms with E-state index in [2.05, 4.69) is 0 Å². The molecule has 0 aromatic heterocycles. The third-order valence-corrected chi connectivity index (χ3v) is 10.5. The SMILES string of the molecule is ClC[Si-]123OCC[N+]1(CCO2)CCO3. The van der Waals surface area contributed by atoms with Crippen molar-refractivity contribution < 1.29 is 17.4 Å². The Balaban J connectivity index is 2.16. The van der Waals surface area contributed by atoms with E-state index in [0.29, 0.717) is 5.50 Å². The molecule has 6 heteroatoms. The molecule has 0 unspecified atom stereocenters. The normalized spacial score (nSPS) is 47.9. The molecule has 0 atom stereocenters. The Morgan fingerprint density at radius 1 is 1.00 bits per heavy atom. The van der Waals surface area contributed by atoms with E-state index in [4.69, 9.17) is 24.9 Å². The van der Waals surface area contributed by atoms with Gasteiger partial charge in [-0.05, 0) is 0 Å². The van der Waals surface area contributed by atoms with Gasteiger partial charge in [-0.3, -0.25) is 0 Å². The summed E-state index contributed by atoms with van der Waals surface area (Å²) in [6, 6.07) is 0. The van der Waals surface area contributed by atoms with Crippen LogP contribution in [0.4, 0.5) is 0 Å². The predicted octanol–water partition coefficient (Wildman–Crippen LogP) is 0.0614. The molecule has 3 aliphatic heterocycles. The van der Waals surface area contributed by atoms with Crippen molar-refractivity contribution in [2.24, 2.45) is 0 Å². The van der Waals surface area contributed by atoms with Crippen LogP contribution in [0.15, 0.2) is 0 Å². The van der Waals surface area contributed by atoms with Crippen LogP contribution in [-0.4, -0.2) is 57.3 Å². The number of alkyl halides is 1. The predicted molar refractivity (Wildman–Crippen MR) is 49.2 cm³/mol. The van der Waals surface area contributed by atoms with Crippen molar-refractivity contribution in [3.63, 3.8) is 0 Å². The van der Waals surface area contributed by atoms with Crippen LogP contribution >= 0.6 is 11.6 Å². The van der Waals surface area contributed by atoms with Gasteiger partial charge < -0.3 is 0 Å². The fourth-order valence-electron chi connectivity index (χ4n) is 3.03. The van der Waals surface area contributed by atoms with Crippen LogP contribution in [-0.2, 0) is 13.3 Å². The van der Waals surface area contributed by atoms with E-state index in [0.717, 1.165) is 43.6 Å². The van der Waals surface area contributed by atoms with Crippen molar-refractivity contribution in [3.05, 3.63) is 0 Å². The molecule has 3 saturated heterocycles. The van der Waals surface area contributed by atoms with Gasteiger partial charge >= 0.3 is 82.2 Å². The van der Waals surface area contributed by atoms with Crippen LogP contribution in [0.25, 0.3) is 0 Å². The van der Waals surface area contributed by atoms with Gasteiger partial charge in [0, 0.05) is 0 Å². The molecule has 4 nitrogen and oxygen atoms in total. The average molecular weight is 224 g/mol. The number of hydrogen-bond acceptors (Lipinski definition) is 3. The second-order valence-corrected chi connectivity index (χ2v) is 9.22. The van der Waals surface area contributed by atoms with Crippen molar-refractivity contribution in [1.82, 2.24) is 0 Å². The second kappa shape index (κ2) is 2.29. The molecule has 0 saturated carbocycles. The van der Waals surface area contributed by atoms with Crippen LogP contribution in [0.3, 0.4) is 0 Å². The number of hydrogen-bond donors (Lipinski definition) is 0. The molecule has 0 N–H and O–H groups in total. The van der Waals surface area contributed by atoms with Gasteiger partial charge in [-0.25, -0.2) is 0 Å². The van der Waals surface area contributed by atoms with Gasteiger partial charge in [0.15, 0.2) is 0 Å². The number of quaternary nitrogens is 1. The molecule has 0 aliphatic carbocycles. The molecule has 3 rings (SSSR count). The molecule has 3 heterocycles. The number of nitrogens with zero attached hydrogens (tertiary/aromatic N) is 1. The Hall–Kier alpha value is 0.347. The van der Waals surface area contributed by atoms with E-state index in [1.54, 1.807) is 0 Å². The molecule has 0 spiro atoms. The first-order valence-electron chi connectivity index (χ1n) is 4.77. The molecular formula is C7H14ClNO3Si. The summed E-state index contributed by atoms with van der Waals surface area (Å²) in [5.41, 5.74) is 0.417. The molecule has 3 fully saturated rings. The van der Waals surface area contributed by atoms with Gasteiger partial charge in [-0.15, -0.1) is 0 Å². The summed E-state index contributed by atoms with van der Waals surface area (Å²) in [5.74, 6) is 0. The quantitative estimate of drug-likeness (QED) is 0.465. The van der Waals surface area contributed by atoms with E-state index in [1.165, 1.54) is 0 Å². The Morgan fingerprint density at radius 2 is 1.46 bits per heavy atom. The van der Waals surface area contributed by atoms with Crippen LogP contribution < -0.4 is 0 Å². The first-order chi connectivity index (χ1) is 6.26. The minimum atomic E-state index is -3.15. The van der Waals surface area contributed by atoms with Gasteiger partial charge in [0.1, 0.15) is 0 Å². The van der Waals surface area contributed by atoms with Crippen LogP contribution in [0, 0.1) is 0 Å². The van der Waals surface area contributed by atoms with Gasteiger partial charge in [-0.2, -0.15) is 0 Å². The monoisotopic (exact) mass is 223 g/mol. The molecular weight excluding hydrogens is 210 g/mol. The van der Waals surface area contributed by atoms with Crippen molar-refractivity contribution >= 4 is 19.8 Å². The fraction of sp³-hybridized carbons (Fsp3) is 1.00. The maximum atomic E-state index is 6.06. The topological polar surface area (TPSA) is 27.7 Å². The minimum absolute atomic E-state index is 0.417. The number of rotatable bonds is 1. The zero-order valence-electron chi connectivity index (χ0n) is 7.50. The van der Waals surface area contributed by atoms with Crippen LogP contribution in [0.2, 0.25) is 0 Å². The van der Waals surface area contributed by atoms with E-state index < -0.39 is 8.24 Å². The molecule has 13 heavy (non-hydrogen) atoms. The Labute approximate surface area is 82.8 Å². The van der Waals surface area contributed by atoms with E-state index in [-0.39, 0.29) is 0 Å². The molecule has 0 aromatic rings. The summed E-state index contributed by atoms with van der Waals surface area (Å²) in [4.78, 5) is 0. The first kappa shape index (κ1) is 8.64. The summed E-state index contributed by atoms with van der Waals surface area (Å²) in [5, 5.41) is 0. The summed E-state index contributed by atoms with van der Waals surface area (Å²) in [6.07, 6.45) is 0. The zero-order valence-corrected chi connectivity index (χ0v) is 9.26. The van der Waals surface area contributed by atoms with Crippen LogP contribution in [0.1, 0.15) is 0 Å². The van der Waals surface area contributed by atoms with Gasteiger partial charge in [0.2, 0.25) is 0 Å². The molecule has 0 bridgehead atoms.